The van der Waals surface area contributed by atoms with Gasteiger partial charge in [-0.25, -0.2) is 9.59 Å². The van der Waals surface area contributed by atoms with Crippen molar-refractivity contribution in [1.82, 2.24) is 0 Å². The first-order valence-electron chi connectivity index (χ1n) is 9.06. The first-order chi connectivity index (χ1) is 14.1. The zero-order chi connectivity index (χ0) is 20.2. The minimum Gasteiger partial charge on any atom is -0.423 e. The molecule has 1 heterocycles. The molecule has 0 fully saturated rings. The van der Waals surface area contributed by atoms with Crippen LogP contribution < -0.4 is 4.74 Å². The molecule has 4 rings (SSSR count). The van der Waals surface area contributed by atoms with Crippen molar-refractivity contribution < 1.29 is 19.2 Å². The number of aryl methyl sites for hydroxylation is 1. The summed E-state index contributed by atoms with van der Waals surface area (Å²) in [6.45, 7) is 1.92. The van der Waals surface area contributed by atoms with E-state index in [-0.39, 0.29) is 0 Å². The van der Waals surface area contributed by atoms with Crippen molar-refractivity contribution in [2.45, 2.75) is 6.92 Å². The van der Waals surface area contributed by atoms with Crippen molar-refractivity contribution in [2.75, 3.05) is 0 Å². The first-order valence-corrected chi connectivity index (χ1v) is 9.06. The van der Waals surface area contributed by atoms with E-state index in [4.69, 9.17) is 9.57 Å². The molecule has 0 aliphatic carbocycles. The van der Waals surface area contributed by atoms with Gasteiger partial charge < -0.3 is 9.57 Å². The molecule has 1 aliphatic heterocycles. The Bertz CT molecular complexity index is 1130. The highest BCUT2D eigenvalue weighted by atomic mass is 16.7. The van der Waals surface area contributed by atoms with Crippen molar-refractivity contribution in [3.8, 4) is 5.75 Å². The smallest absolute Gasteiger partial charge is 0.368 e. The lowest BCUT2D eigenvalue weighted by molar-refractivity contribution is -0.136. The third-order valence-electron chi connectivity index (χ3n) is 4.40. The highest BCUT2D eigenvalue weighted by Crippen LogP contribution is 2.22. The van der Waals surface area contributed by atoms with Gasteiger partial charge in [-0.05, 0) is 42.8 Å². The number of benzene rings is 3. The summed E-state index contributed by atoms with van der Waals surface area (Å²) in [7, 11) is 0. The number of ether oxygens (including phenoxy) is 1. The number of hydrogen-bond donors (Lipinski definition) is 0. The summed E-state index contributed by atoms with van der Waals surface area (Å²) in [5.74, 6) is -0.499. The fourth-order valence-corrected chi connectivity index (χ4v) is 2.95. The van der Waals surface area contributed by atoms with E-state index in [0.717, 1.165) is 16.7 Å². The summed E-state index contributed by atoms with van der Waals surface area (Å²) < 4.78 is 5.42. The van der Waals surface area contributed by atoms with Crippen LogP contribution >= 0.6 is 0 Å². The summed E-state index contributed by atoms with van der Waals surface area (Å²) in [6, 6.07) is 23.5. The Morgan fingerprint density at radius 1 is 0.966 bits per heavy atom. The van der Waals surface area contributed by atoms with E-state index in [1.54, 1.807) is 42.5 Å². The Kier molecular flexibility index (Phi) is 5.03. The number of oxime groups is 1. The normalized spacial score (nSPS) is 14.4. The standard InChI is InChI=1S/C24H17NO4/c1-16-6-5-9-19(14-16)23(26)28-20-12-10-17(11-13-20)15-21-22(25-29-24(21)27)18-7-3-2-4-8-18/h2-15H,1H3/b21-15+. The van der Waals surface area contributed by atoms with E-state index < -0.39 is 11.9 Å². The highest BCUT2D eigenvalue weighted by Gasteiger charge is 2.26. The average molecular weight is 383 g/mol. The second-order valence-electron chi connectivity index (χ2n) is 6.57. The lowest BCUT2D eigenvalue weighted by Crippen LogP contribution is -2.08. The number of carbonyl (C=O) groups excluding carboxylic acids is 2. The van der Waals surface area contributed by atoms with Crippen LogP contribution in [0, 0.1) is 6.92 Å². The van der Waals surface area contributed by atoms with Crippen LogP contribution in [0.3, 0.4) is 0 Å². The zero-order valence-electron chi connectivity index (χ0n) is 15.7. The molecule has 3 aromatic rings. The van der Waals surface area contributed by atoms with Crippen LogP contribution in [0.15, 0.2) is 89.6 Å². The molecule has 29 heavy (non-hydrogen) atoms. The van der Waals surface area contributed by atoms with Crippen molar-refractivity contribution in [3.63, 3.8) is 0 Å². The molecule has 5 nitrogen and oxygen atoms in total. The fourth-order valence-electron chi connectivity index (χ4n) is 2.95. The van der Waals surface area contributed by atoms with Crippen molar-refractivity contribution in [2.24, 2.45) is 5.16 Å². The molecule has 0 atom stereocenters. The van der Waals surface area contributed by atoms with E-state index in [1.807, 2.05) is 49.4 Å². The molecule has 0 bridgehead atoms. The van der Waals surface area contributed by atoms with Crippen LogP contribution in [0.5, 0.6) is 5.75 Å². The number of nitrogens with zero attached hydrogens (tertiary/aromatic N) is 1. The predicted octanol–water partition coefficient (Wildman–Crippen LogP) is 4.56. The van der Waals surface area contributed by atoms with E-state index in [1.165, 1.54) is 0 Å². The van der Waals surface area contributed by atoms with Crippen molar-refractivity contribution in [3.05, 3.63) is 107 Å². The quantitative estimate of drug-likeness (QED) is 0.287. The van der Waals surface area contributed by atoms with Crippen molar-refractivity contribution >= 4 is 23.7 Å². The molecular weight excluding hydrogens is 366 g/mol. The van der Waals surface area contributed by atoms with Crippen LogP contribution in [0.2, 0.25) is 0 Å². The minimum absolute atomic E-state index is 0.376. The number of rotatable bonds is 4. The van der Waals surface area contributed by atoms with Gasteiger partial charge in [0.1, 0.15) is 11.5 Å². The molecule has 0 amide bonds. The molecule has 0 unspecified atom stereocenters. The second kappa shape index (κ2) is 7.94. The molecule has 0 N–H and O–H groups in total. The van der Waals surface area contributed by atoms with Gasteiger partial charge in [0.2, 0.25) is 0 Å². The van der Waals surface area contributed by atoms with Crippen LogP contribution in [-0.4, -0.2) is 17.7 Å². The Morgan fingerprint density at radius 2 is 1.72 bits per heavy atom. The summed E-state index contributed by atoms with van der Waals surface area (Å²) in [5.41, 5.74) is 3.91. The van der Waals surface area contributed by atoms with Gasteiger partial charge in [0, 0.05) is 5.56 Å². The maximum absolute atomic E-state index is 12.3. The summed E-state index contributed by atoms with van der Waals surface area (Å²) >= 11 is 0. The monoisotopic (exact) mass is 383 g/mol. The third kappa shape index (κ3) is 4.14. The van der Waals surface area contributed by atoms with E-state index in [2.05, 4.69) is 5.16 Å². The van der Waals surface area contributed by atoms with E-state index >= 15 is 0 Å². The predicted molar refractivity (Wildman–Crippen MR) is 110 cm³/mol. The number of esters is 1. The number of hydrogen-bond acceptors (Lipinski definition) is 5. The van der Waals surface area contributed by atoms with Gasteiger partial charge in [0.05, 0.1) is 11.1 Å². The maximum atomic E-state index is 12.3. The van der Waals surface area contributed by atoms with E-state index in [0.29, 0.717) is 22.6 Å². The largest absolute Gasteiger partial charge is 0.423 e. The summed E-state index contributed by atoms with van der Waals surface area (Å²) in [5, 5.41) is 3.89. The van der Waals surface area contributed by atoms with Gasteiger partial charge in [-0.3, -0.25) is 0 Å². The Balaban J connectivity index is 1.52. The minimum atomic E-state index is -0.501. The zero-order valence-corrected chi connectivity index (χ0v) is 15.7. The summed E-state index contributed by atoms with van der Waals surface area (Å²) in [6.07, 6.45) is 1.70. The molecule has 0 spiro atoms. The van der Waals surface area contributed by atoms with Gasteiger partial charge in [-0.15, -0.1) is 0 Å². The van der Waals surface area contributed by atoms with Gasteiger partial charge in [0.15, 0.2) is 0 Å². The van der Waals surface area contributed by atoms with Crippen LogP contribution in [0.4, 0.5) is 0 Å². The van der Waals surface area contributed by atoms with Crippen LogP contribution in [0.25, 0.3) is 6.08 Å². The molecule has 0 saturated carbocycles. The van der Waals surface area contributed by atoms with Crippen molar-refractivity contribution in [1.29, 1.82) is 0 Å². The molecule has 0 radical (unpaired) electrons. The lowest BCUT2D eigenvalue weighted by Gasteiger charge is -2.06. The Morgan fingerprint density at radius 3 is 2.45 bits per heavy atom. The molecule has 3 aromatic carbocycles. The fraction of sp³-hybridized carbons (Fsp3) is 0.0417. The average Bonchev–Trinajstić information content (AvgIpc) is 3.10. The molecule has 1 aliphatic rings. The van der Waals surface area contributed by atoms with Crippen LogP contribution in [0.1, 0.15) is 27.0 Å². The molecule has 0 aromatic heterocycles. The molecular formula is C24H17NO4. The van der Waals surface area contributed by atoms with E-state index in [9.17, 15) is 9.59 Å². The Labute approximate surface area is 167 Å². The van der Waals surface area contributed by atoms with Gasteiger partial charge in [-0.1, -0.05) is 65.3 Å². The molecule has 5 heteroatoms. The highest BCUT2D eigenvalue weighted by molar-refractivity contribution is 6.31. The van der Waals surface area contributed by atoms with Gasteiger partial charge in [-0.2, -0.15) is 0 Å². The molecule has 0 saturated heterocycles. The Hall–Kier alpha value is -3.99. The van der Waals surface area contributed by atoms with Gasteiger partial charge >= 0.3 is 11.9 Å². The molecule has 142 valence electrons. The summed E-state index contributed by atoms with van der Waals surface area (Å²) in [4.78, 5) is 29.2. The lowest BCUT2D eigenvalue weighted by atomic mass is 10.0. The number of carbonyl (C=O) groups is 2. The maximum Gasteiger partial charge on any atom is 0.368 e. The first kappa shape index (κ1) is 18.4. The van der Waals surface area contributed by atoms with Crippen LogP contribution in [-0.2, 0) is 9.63 Å². The van der Waals surface area contributed by atoms with Gasteiger partial charge in [0.25, 0.3) is 0 Å². The second-order valence-corrected chi connectivity index (χ2v) is 6.57. The third-order valence-corrected chi connectivity index (χ3v) is 4.40. The SMILES string of the molecule is Cc1cccc(C(=O)Oc2ccc(/C=C3/C(=O)ON=C3c3ccccc3)cc2)c1. The topological polar surface area (TPSA) is 65.0 Å².